The van der Waals surface area contributed by atoms with Crippen LogP contribution in [0.15, 0.2) is 55.1 Å². The zero-order valence-electron chi connectivity index (χ0n) is 25.7. The van der Waals surface area contributed by atoms with Crippen molar-refractivity contribution in [1.82, 2.24) is 10.2 Å². The molecule has 2 atom stereocenters. The van der Waals surface area contributed by atoms with Crippen molar-refractivity contribution in [3.63, 3.8) is 0 Å². The number of hydrogen-bond acceptors (Lipinski definition) is 6. The van der Waals surface area contributed by atoms with Crippen molar-refractivity contribution in [3.8, 4) is 5.75 Å². The van der Waals surface area contributed by atoms with Crippen molar-refractivity contribution >= 4 is 29.7 Å². The van der Waals surface area contributed by atoms with Crippen LogP contribution in [0.25, 0.3) is 6.08 Å². The van der Waals surface area contributed by atoms with Gasteiger partial charge >= 0.3 is 6.09 Å². The summed E-state index contributed by atoms with van der Waals surface area (Å²) in [5.41, 5.74) is 1.10. The molecule has 2 unspecified atom stereocenters. The number of ether oxygens (including phenoxy) is 2. The quantitative estimate of drug-likeness (QED) is 0.207. The smallest absolute Gasteiger partial charge is 0.408 e. The van der Waals surface area contributed by atoms with E-state index in [1.54, 1.807) is 70.4 Å². The van der Waals surface area contributed by atoms with Crippen LogP contribution in [0.3, 0.4) is 0 Å². The van der Waals surface area contributed by atoms with Gasteiger partial charge in [0, 0.05) is 12.2 Å². The van der Waals surface area contributed by atoms with Crippen LogP contribution in [0.1, 0.15) is 83.4 Å². The lowest BCUT2D eigenvalue weighted by Crippen LogP contribution is -2.54. The van der Waals surface area contributed by atoms with E-state index in [2.05, 4.69) is 24.1 Å². The van der Waals surface area contributed by atoms with Gasteiger partial charge in [0.2, 0.25) is 5.91 Å². The molecule has 2 aromatic carbocycles. The summed E-state index contributed by atoms with van der Waals surface area (Å²) in [6.45, 7) is 10.7. The fourth-order valence-electron chi connectivity index (χ4n) is 4.48. The Morgan fingerprint density at radius 2 is 1.69 bits per heavy atom. The average Bonchev–Trinajstić information content (AvgIpc) is 2.96. The summed E-state index contributed by atoms with van der Waals surface area (Å²) < 4.78 is 10.5. The number of carbonyl (C=O) groups is 3. The van der Waals surface area contributed by atoms with Crippen molar-refractivity contribution < 1.29 is 29.0 Å². The maximum atomic E-state index is 14.0. The van der Waals surface area contributed by atoms with E-state index in [-0.39, 0.29) is 6.54 Å². The second-order valence-electron chi connectivity index (χ2n) is 11.2. The third kappa shape index (κ3) is 11.2. The molecule has 0 fully saturated rings. The minimum absolute atomic E-state index is 0.247. The second kappa shape index (κ2) is 17.2. The SMILES string of the molecule is C=Cc1cccc(C(C(=O)Nc2ccc(OC)cc2)N(CCCCCCCC)C(=O)C(CO)NC(=O)OC(C)(C)C)c1. The van der Waals surface area contributed by atoms with E-state index in [1.807, 2.05) is 12.1 Å². The molecule has 0 spiro atoms. The highest BCUT2D eigenvalue weighted by Crippen LogP contribution is 2.27. The average molecular weight is 582 g/mol. The summed E-state index contributed by atoms with van der Waals surface area (Å²) >= 11 is 0. The fraction of sp³-hybridized carbons (Fsp3) is 0.485. The molecule has 3 N–H and O–H groups in total. The molecule has 0 saturated carbocycles. The summed E-state index contributed by atoms with van der Waals surface area (Å²) in [5.74, 6) is -0.382. The highest BCUT2D eigenvalue weighted by atomic mass is 16.6. The first-order valence-electron chi connectivity index (χ1n) is 14.6. The van der Waals surface area contributed by atoms with Crippen molar-refractivity contribution in [1.29, 1.82) is 0 Å². The molecule has 0 radical (unpaired) electrons. The zero-order valence-corrected chi connectivity index (χ0v) is 25.7. The highest BCUT2D eigenvalue weighted by Gasteiger charge is 2.36. The first kappa shape index (κ1) is 34.4. The predicted molar refractivity (Wildman–Crippen MR) is 166 cm³/mol. The van der Waals surface area contributed by atoms with Crippen LogP contribution in [0.2, 0.25) is 0 Å². The molecule has 0 bridgehead atoms. The molecule has 9 heteroatoms. The molecule has 230 valence electrons. The molecule has 9 nitrogen and oxygen atoms in total. The Bertz CT molecular complexity index is 1160. The molecule has 2 rings (SSSR count). The van der Waals surface area contributed by atoms with E-state index >= 15 is 0 Å². The minimum Gasteiger partial charge on any atom is -0.497 e. The molecule has 2 aromatic rings. The number of hydrogen-bond donors (Lipinski definition) is 3. The number of alkyl carbamates (subject to hydrolysis) is 1. The Labute approximate surface area is 250 Å². The van der Waals surface area contributed by atoms with Crippen molar-refractivity contribution in [3.05, 3.63) is 66.2 Å². The van der Waals surface area contributed by atoms with Crippen molar-refractivity contribution in [2.24, 2.45) is 0 Å². The van der Waals surface area contributed by atoms with Crippen LogP contribution in [0.4, 0.5) is 10.5 Å². The van der Waals surface area contributed by atoms with E-state index in [0.29, 0.717) is 23.4 Å². The van der Waals surface area contributed by atoms with Gasteiger partial charge in [-0.15, -0.1) is 0 Å². The Kier molecular flexibility index (Phi) is 14.1. The Morgan fingerprint density at radius 3 is 2.29 bits per heavy atom. The molecule has 0 aromatic heterocycles. The highest BCUT2D eigenvalue weighted by molar-refractivity contribution is 5.99. The molecular weight excluding hydrogens is 534 g/mol. The number of amides is 3. The maximum Gasteiger partial charge on any atom is 0.408 e. The van der Waals surface area contributed by atoms with Gasteiger partial charge in [-0.2, -0.15) is 0 Å². The van der Waals surface area contributed by atoms with Gasteiger partial charge in [-0.1, -0.05) is 69.9 Å². The molecular formula is C33H47N3O6. The zero-order chi connectivity index (χ0) is 31.1. The van der Waals surface area contributed by atoms with Gasteiger partial charge < -0.3 is 30.1 Å². The van der Waals surface area contributed by atoms with E-state index in [0.717, 1.165) is 37.7 Å². The van der Waals surface area contributed by atoms with Gasteiger partial charge in [0.15, 0.2) is 0 Å². The summed E-state index contributed by atoms with van der Waals surface area (Å²) in [5, 5.41) is 15.6. The largest absolute Gasteiger partial charge is 0.497 e. The van der Waals surface area contributed by atoms with Crippen LogP contribution < -0.4 is 15.4 Å². The van der Waals surface area contributed by atoms with E-state index in [4.69, 9.17) is 9.47 Å². The van der Waals surface area contributed by atoms with E-state index in [9.17, 15) is 19.5 Å². The van der Waals surface area contributed by atoms with Crippen LogP contribution in [-0.4, -0.2) is 59.8 Å². The lowest BCUT2D eigenvalue weighted by atomic mass is 9.99. The number of rotatable bonds is 16. The molecule has 0 aliphatic rings. The van der Waals surface area contributed by atoms with Crippen LogP contribution in [0.5, 0.6) is 5.75 Å². The molecule has 3 amide bonds. The van der Waals surface area contributed by atoms with Gasteiger partial charge in [-0.25, -0.2) is 4.79 Å². The number of aliphatic hydroxyl groups excluding tert-OH is 1. The Balaban J connectivity index is 2.47. The van der Waals surface area contributed by atoms with Crippen LogP contribution in [0, 0.1) is 0 Å². The summed E-state index contributed by atoms with van der Waals surface area (Å²) in [6, 6.07) is 11.8. The van der Waals surface area contributed by atoms with Gasteiger partial charge in [-0.05, 0) is 68.7 Å². The number of anilines is 1. The number of carbonyl (C=O) groups excluding carboxylic acids is 3. The van der Waals surface area contributed by atoms with Gasteiger partial charge in [0.1, 0.15) is 23.4 Å². The standard InChI is InChI=1S/C33H47N3O6/c1-7-9-10-11-12-13-21-36(31(39)28(23-37)35-32(40)42-33(3,4)5)29(25-16-14-15-24(8-2)22-25)30(38)34-26-17-19-27(41-6)20-18-26/h8,14-20,22,28-29,37H,2,7,9-13,21,23H2,1,3-6H3,(H,34,38)(H,35,40). The topological polar surface area (TPSA) is 117 Å². The Morgan fingerprint density at radius 1 is 1.02 bits per heavy atom. The third-order valence-electron chi connectivity index (χ3n) is 6.59. The fourth-order valence-corrected chi connectivity index (χ4v) is 4.48. The molecule has 0 aliphatic carbocycles. The number of nitrogens with zero attached hydrogens (tertiary/aromatic N) is 1. The first-order valence-corrected chi connectivity index (χ1v) is 14.6. The summed E-state index contributed by atoms with van der Waals surface area (Å²) in [7, 11) is 1.56. The number of benzene rings is 2. The number of methoxy groups -OCH3 is 1. The van der Waals surface area contributed by atoms with E-state index < -0.39 is 42.2 Å². The van der Waals surface area contributed by atoms with Crippen molar-refractivity contribution in [2.75, 3.05) is 25.6 Å². The van der Waals surface area contributed by atoms with Crippen LogP contribution >= 0.6 is 0 Å². The Hall–Kier alpha value is -3.85. The van der Waals surface area contributed by atoms with Crippen LogP contribution in [-0.2, 0) is 14.3 Å². The lowest BCUT2D eigenvalue weighted by Gasteiger charge is -2.34. The molecule has 42 heavy (non-hydrogen) atoms. The normalized spacial score (nSPS) is 12.5. The maximum absolute atomic E-state index is 14.0. The molecule has 0 heterocycles. The monoisotopic (exact) mass is 581 g/mol. The summed E-state index contributed by atoms with van der Waals surface area (Å²) in [4.78, 5) is 42.0. The molecule has 0 saturated heterocycles. The number of nitrogens with one attached hydrogen (secondary N) is 2. The minimum atomic E-state index is -1.31. The van der Waals surface area contributed by atoms with E-state index in [1.165, 1.54) is 4.90 Å². The lowest BCUT2D eigenvalue weighted by molar-refractivity contribution is -0.141. The third-order valence-corrected chi connectivity index (χ3v) is 6.59. The number of unbranched alkanes of at least 4 members (excludes halogenated alkanes) is 5. The summed E-state index contributed by atoms with van der Waals surface area (Å²) in [6.07, 6.45) is 6.70. The van der Waals surface area contributed by atoms with Gasteiger partial charge in [-0.3, -0.25) is 9.59 Å². The van der Waals surface area contributed by atoms with Crippen molar-refractivity contribution in [2.45, 2.75) is 83.9 Å². The molecule has 0 aliphatic heterocycles. The second-order valence-corrected chi connectivity index (χ2v) is 11.2. The van der Waals surface area contributed by atoms with Gasteiger partial charge in [0.05, 0.1) is 13.7 Å². The van der Waals surface area contributed by atoms with Gasteiger partial charge in [0.25, 0.3) is 5.91 Å². The predicted octanol–water partition coefficient (Wildman–Crippen LogP) is 6.09. The first-order chi connectivity index (χ1) is 20.0. The number of aliphatic hydroxyl groups is 1.